The molecule has 0 aromatic carbocycles. The van der Waals surface area contributed by atoms with Gasteiger partial charge in [-0.15, -0.1) is 0 Å². The maximum Gasteiger partial charge on any atom is 2.00 e. The second-order valence-electron chi connectivity index (χ2n) is 0.894. The first-order valence-corrected chi connectivity index (χ1v) is 4.38. The molecule has 0 atom stereocenters. The Morgan fingerprint density at radius 3 is 0.643 bits per heavy atom. The van der Waals surface area contributed by atoms with E-state index in [4.69, 9.17) is 38.5 Å². The van der Waals surface area contributed by atoms with Gasteiger partial charge in [0.1, 0.15) is 0 Å². The smallest absolute Gasteiger partial charge is 1.00 e. The third-order valence-corrected chi connectivity index (χ3v) is 0. The van der Waals surface area contributed by atoms with Gasteiger partial charge in [-0.05, 0) is 0 Å². The Labute approximate surface area is 193 Å². The van der Waals surface area contributed by atoms with E-state index < -0.39 is 15.6 Å². The molecule has 0 rings (SSSR count). The molecule has 0 aromatic heterocycles. The van der Waals surface area contributed by atoms with Gasteiger partial charge in [-0.3, -0.25) is 0 Å². The summed E-state index contributed by atoms with van der Waals surface area (Å²) in [5.74, 6) is 0. The van der Waals surface area contributed by atoms with Crippen molar-refractivity contribution in [2.75, 3.05) is 0 Å². The molecule has 0 saturated carbocycles. The zero-order valence-electron chi connectivity index (χ0n) is 8.28. The van der Waals surface area contributed by atoms with Crippen molar-refractivity contribution in [3.63, 3.8) is 0 Å². The quantitative estimate of drug-likeness (QED) is 0.310. The molecule has 0 amide bonds. The molecule has 0 bridgehead atoms. The molecular weight excluding hydrogens is 333 g/mol. The Balaban J connectivity index is -0.0000000128. The number of hydrogen-bond acceptors (Lipinski definition) is 8. The number of phosphoric acid groups is 2. The van der Waals surface area contributed by atoms with Gasteiger partial charge in [-0.1, -0.05) is 0 Å². The molecule has 14 heavy (non-hydrogen) atoms. The average Bonchev–Trinajstić information content (AvgIpc) is 1.12. The fourth-order valence-corrected chi connectivity index (χ4v) is 0. The summed E-state index contributed by atoms with van der Waals surface area (Å²) in [5, 5.41) is 0. The summed E-state index contributed by atoms with van der Waals surface area (Å²) in [5.41, 5.74) is 0. The molecule has 14 heteroatoms. The Morgan fingerprint density at radius 1 is 0.643 bits per heavy atom. The van der Waals surface area contributed by atoms with Crippen molar-refractivity contribution in [1.82, 2.24) is 0 Å². The van der Waals surface area contributed by atoms with Gasteiger partial charge in [0.15, 0.2) is 0 Å². The van der Waals surface area contributed by atoms with E-state index in [0.717, 1.165) is 0 Å². The van der Waals surface area contributed by atoms with E-state index >= 15 is 0 Å². The molecule has 0 fully saturated rings. The predicted octanol–water partition coefficient (Wildman–Crippen LogP) is -9.68. The molecule has 0 radical (unpaired) electrons. The molecule has 0 heterocycles. The third kappa shape index (κ3) is 174. The fourth-order valence-electron chi connectivity index (χ4n) is 0. The molecule has 0 aliphatic rings. The molecule has 0 unspecified atom stereocenters. The van der Waals surface area contributed by atoms with Gasteiger partial charge in [0.05, 0.1) is 0 Å². The van der Waals surface area contributed by atoms with E-state index in [2.05, 4.69) is 0 Å². The van der Waals surface area contributed by atoms with Crippen LogP contribution in [-0.2, 0) is 9.13 Å². The van der Waals surface area contributed by atoms with Gasteiger partial charge in [0.25, 0.3) is 0 Å². The van der Waals surface area contributed by atoms with Gasteiger partial charge in [0, 0.05) is 0 Å². The monoisotopic (exact) mass is 334 g/mol. The zero-order chi connectivity index (χ0) is 9.00. The van der Waals surface area contributed by atoms with E-state index in [1.165, 1.54) is 0 Å². The topological polar surface area (TPSA) is 172 Å². The number of rotatable bonds is 0. The Kier molecular flexibility index (Phi) is 46.8. The van der Waals surface area contributed by atoms with Crippen LogP contribution < -0.4 is 58.9 Å². The van der Waals surface area contributed by atoms with Crippen molar-refractivity contribution in [2.45, 2.75) is 0 Å². The summed E-state index contributed by atoms with van der Waals surface area (Å²) in [7, 11) is -10.8. The van der Waals surface area contributed by atoms with Crippen LogP contribution in [0.15, 0.2) is 0 Å². The van der Waals surface area contributed by atoms with E-state index in [0.29, 0.717) is 0 Å². The van der Waals surface area contributed by atoms with Crippen LogP contribution in [0.5, 0.6) is 0 Å². The van der Waals surface area contributed by atoms with Crippen LogP contribution in [0.3, 0.4) is 0 Å². The Bertz CT molecular complexity index is 140. The predicted molar refractivity (Wildman–Crippen MR) is 33.6 cm³/mol. The standard InChI is InChI=1S/3Ca.Na.2H3O4P.H/c;;;;2*1-5(2,3)4;/h;;;;2*(H3,1,2,3,4);/q3*+2;+1;;;-1/p-6. The van der Waals surface area contributed by atoms with Gasteiger partial charge in [-0.2, -0.15) is 15.6 Å². The summed E-state index contributed by atoms with van der Waals surface area (Å²) in [6.45, 7) is 0. The van der Waals surface area contributed by atoms with Crippen molar-refractivity contribution in [3.8, 4) is 0 Å². The Hall–Kier alpha value is 5.00. The summed E-state index contributed by atoms with van der Waals surface area (Å²) in [4.78, 5) is 51.3. The van der Waals surface area contributed by atoms with Crippen molar-refractivity contribution in [2.24, 2.45) is 0 Å². The molecule has 0 saturated heterocycles. The fraction of sp³-hybridized carbons (Fsp3) is 0. The van der Waals surface area contributed by atoms with E-state index in [1.54, 1.807) is 0 Å². The SMILES string of the molecule is O=P([O-])([O-])[O-].O=P([O-])([O-])[O-].[Ca+2].[Ca+2].[Ca+2].[H-].[Na+]. The molecule has 66 valence electrons. The third-order valence-electron chi connectivity index (χ3n) is 0. The first-order chi connectivity index (χ1) is 4.00. The first kappa shape index (κ1) is 36.4. The van der Waals surface area contributed by atoms with Crippen molar-refractivity contribution < 1.29 is 69.5 Å². The molecule has 0 spiro atoms. The van der Waals surface area contributed by atoms with Crippen molar-refractivity contribution >= 4 is 129 Å². The van der Waals surface area contributed by atoms with Crippen LogP contribution in [0.1, 0.15) is 1.43 Å². The van der Waals surface area contributed by atoms with E-state index in [-0.39, 0.29) is 144 Å². The van der Waals surface area contributed by atoms with Gasteiger partial charge < -0.3 is 39.9 Å². The van der Waals surface area contributed by atoms with Crippen molar-refractivity contribution in [3.05, 3.63) is 0 Å². The second kappa shape index (κ2) is 18.0. The Morgan fingerprint density at radius 2 is 0.643 bits per heavy atom. The molecule has 0 aliphatic heterocycles. The van der Waals surface area contributed by atoms with Crippen LogP contribution in [0.2, 0.25) is 0 Å². The summed E-state index contributed by atoms with van der Waals surface area (Å²) >= 11 is 0. The molecule has 0 aromatic rings. The maximum absolute atomic E-state index is 8.55. The van der Waals surface area contributed by atoms with E-state index in [9.17, 15) is 0 Å². The van der Waals surface area contributed by atoms with Crippen LogP contribution >= 0.6 is 15.6 Å². The normalized spacial score (nSPS) is 8.43. The minimum atomic E-state index is -5.39. The summed E-state index contributed by atoms with van der Waals surface area (Å²) in [6.07, 6.45) is 0. The molecule has 0 aliphatic carbocycles. The largest absolute Gasteiger partial charge is 2.00 e. The maximum atomic E-state index is 8.55. The number of hydrogen-bond donors (Lipinski definition) is 0. The van der Waals surface area contributed by atoms with Crippen LogP contribution in [0.25, 0.3) is 0 Å². The van der Waals surface area contributed by atoms with Crippen LogP contribution in [0, 0.1) is 0 Å². The molecule has 0 N–H and O–H groups in total. The van der Waals surface area contributed by atoms with Crippen LogP contribution in [-0.4, -0.2) is 113 Å². The second-order valence-corrected chi connectivity index (χ2v) is 2.68. The van der Waals surface area contributed by atoms with Gasteiger partial charge in [0.2, 0.25) is 0 Å². The van der Waals surface area contributed by atoms with Gasteiger partial charge >= 0.3 is 143 Å². The minimum absolute atomic E-state index is 0. The average molecular weight is 334 g/mol. The zero-order valence-corrected chi connectivity index (χ0v) is 17.7. The van der Waals surface area contributed by atoms with Crippen LogP contribution in [0.4, 0.5) is 0 Å². The van der Waals surface area contributed by atoms with Gasteiger partial charge in [-0.25, -0.2) is 0 Å². The molecular formula is HCa3NaO8P2. The first-order valence-electron chi connectivity index (χ1n) is 1.46. The van der Waals surface area contributed by atoms with Crippen molar-refractivity contribution in [1.29, 1.82) is 0 Å². The summed E-state index contributed by atoms with van der Waals surface area (Å²) < 4.78 is 17.1. The van der Waals surface area contributed by atoms with E-state index in [1.807, 2.05) is 0 Å². The summed E-state index contributed by atoms with van der Waals surface area (Å²) in [6, 6.07) is 0. The minimum Gasteiger partial charge on any atom is -1.00 e. The molecule has 8 nitrogen and oxygen atoms in total.